The molecule has 0 spiro atoms. The van der Waals surface area contributed by atoms with E-state index in [9.17, 15) is 13.2 Å². The maximum atomic E-state index is 11.4. The number of aliphatic carboxylic acids is 1. The highest BCUT2D eigenvalue weighted by Gasteiger charge is 2.26. The minimum absolute atomic E-state index is 0.0107. The Morgan fingerprint density at radius 3 is 2.46 bits per heavy atom. The lowest BCUT2D eigenvalue weighted by Gasteiger charge is -2.21. The summed E-state index contributed by atoms with van der Waals surface area (Å²) in [6.45, 7) is 8.99. The number of fused-ring (bicyclic) bond motifs is 1. The first-order chi connectivity index (χ1) is 18.4. The van der Waals surface area contributed by atoms with Crippen molar-refractivity contribution in [1.82, 2.24) is 4.98 Å². The van der Waals surface area contributed by atoms with E-state index in [1.54, 1.807) is 18.0 Å². The number of pyridine rings is 1. The lowest BCUT2D eigenvalue weighted by atomic mass is 9.88. The second kappa shape index (κ2) is 12.0. The van der Waals surface area contributed by atoms with E-state index in [0.29, 0.717) is 25.5 Å². The molecule has 1 N–H and O–H groups in total. The van der Waals surface area contributed by atoms with Crippen molar-refractivity contribution in [1.29, 1.82) is 0 Å². The molecule has 1 aliphatic rings. The first-order valence-electron chi connectivity index (χ1n) is 12.9. The van der Waals surface area contributed by atoms with Gasteiger partial charge < -0.3 is 14.6 Å². The number of hydrogen-bond donors (Lipinski definition) is 1. The van der Waals surface area contributed by atoms with E-state index < -0.39 is 15.8 Å². The van der Waals surface area contributed by atoms with E-state index in [1.807, 2.05) is 32.0 Å². The molecule has 0 radical (unpaired) electrons. The fourth-order valence-electron chi connectivity index (χ4n) is 5.00. The summed E-state index contributed by atoms with van der Waals surface area (Å²) in [5.74, 6) is 1.41. The first-order valence-corrected chi connectivity index (χ1v) is 16.0. The number of carboxylic acid groups (broad SMARTS) is 1. The lowest BCUT2D eigenvalue weighted by Crippen LogP contribution is -2.10. The number of ether oxygens (including phenoxy) is 2. The van der Waals surface area contributed by atoms with Gasteiger partial charge in [-0.25, -0.2) is 13.4 Å². The van der Waals surface area contributed by atoms with Crippen molar-refractivity contribution in [2.75, 3.05) is 24.4 Å². The van der Waals surface area contributed by atoms with Crippen LogP contribution in [0.5, 0.6) is 11.6 Å². The van der Waals surface area contributed by atoms with Gasteiger partial charge in [0.2, 0.25) is 5.88 Å². The molecular formula is C30H35NO6S2. The molecule has 3 aromatic rings. The highest BCUT2D eigenvalue weighted by molar-refractivity contribution is 7.99. The molecule has 0 saturated carbocycles. The quantitative estimate of drug-likeness (QED) is 0.279. The van der Waals surface area contributed by atoms with Crippen LogP contribution in [0, 0.1) is 27.7 Å². The summed E-state index contributed by atoms with van der Waals surface area (Å²) in [6.07, 6.45) is 3.56. The van der Waals surface area contributed by atoms with Gasteiger partial charge in [0.05, 0.1) is 18.8 Å². The van der Waals surface area contributed by atoms with Gasteiger partial charge in [-0.1, -0.05) is 18.2 Å². The van der Waals surface area contributed by atoms with Crippen molar-refractivity contribution in [3.63, 3.8) is 0 Å². The Kier molecular flexibility index (Phi) is 8.91. The number of aromatic nitrogens is 1. The summed E-state index contributed by atoms with van der Waals surface area (Å²) in [4.78, 5) is 16.6. The molecule has 1 aromatic heterocycles. The van der Waals surface area contributed by atoms with E-state index in [-0.39, 0.29) is 18.1 Å². The van der Waals surface area contributed by atoms with Crippen LogP contribution in [-0.4, -0.2) is 48.8 Å². The standard InChI is InChI=1S/C30H35NO6S2/c1-18-20(3)30(36-10-7-11-39(5,34)35)21(4)19(2)29(18)23-9-6-8-22(12-23)16-37-27-14-26-25(15-31-27)24(17-38-26)13-28(32)33/h6,8-9,12,14-15,24H,7,10-11,13,16-17H2,1-5H3,(H,32,33)/t24-/m1/s1. The van der Waals surface area contributed by atoms with E-state index in [2.05, 4.69) is 31.0 Å². The zero-order valence-electron chi connectivity index (χ0n) is 23.0. The molecule has 208 valence electrons. The fourth-order valence-corrected chi connectivity index (χ4v) is 6.89. The Bertz CT molecular complexity index is 1470. The Morgan fingerprint density at radius 1 is 1.08 bits per heavy atom. The molecule has 2 heterocycles. The van der Waals surface area contributed by atoms with Crippen LogP contribution in [0.1, 0.15) is 52.1 Å². The SMILES string of the molecule is Cc1c(C)c(-c2cccc(COc3cc4c(cn3)[C@H](CC(=O)O)CS4)c2)c(C)c(C)c1OCCCS(C)(=O)=O. The summed E-state index contributed by atoms with van der Waals surface area (Å²) in [7, 11) is -3.01. The minimum atomic E-state index is -3.01. The van der Waals surface area contributed by atoms with E-state index in [4.69, 9.17) is 14.6 Å². The monoisotopic (exact) mass is 569 g/mol. The molecule has 0 saturated heterocycles. The molecule has 0 fully saturated rings. The Balaban J connectivity index is 1.49. The Labute approximate surface area is 234 Å². The van der Waals surface area contributed by atoms with Crippen molar-refractivity contribution in [2.45, 2.75) is 58.0 Å². The lowest BCUT2D eigenvalue weighted by molar-refractivity contribution is -0.137. The normalized spacial score (nSPS) is 14.7. The van der Waals surface area contributed by atoms with Crippen LogP contribution >= 0.6 is 11.8 Å². The molecule has 0 unspecified atom stereocenters. The third kappa shape index (κ3) is 6.94. The summed E-state index contributed by atoms with van der Waals surface area (Å²) < 4.78 is 35.0. The number of carboxylic acids is 1. The number of thioether (sulfide) groups is 1. The van der Waals surface area contributed by atoms with Crippen LogP contribution < -0.4 is 9.47 Å². The van der Waals surface area contributed by atoms with E-state index in [0.717, 1.165) is 60.9 Å². The van der Waals surface area contributed by atoms with Crippen molar-refractivity contribution in [3.8, 4) is 22.8 Å². The summed E-state index contributed by atoms with van der Waals surface area (Å²) in [5.41, 5.74) is 8.61. The average Bonchev–Trinajstić information content (AvgIpc) is 3.27. The largest absolute Gasteiger partial charge is 0.493 e. The number of carbonyl (C=O) groups is 1. The maximum absolute atomic E-state index is 11.4. The van der Waals surface area contributed by atoms with E-state index in [1.165, 1.54) is 6.26 Å². The zero-order valence-corrected chi connectivity index (χ0v) is 24.7. The highest BCUT2D eigenvalue weighted by atomic mass is 32.2. The van der Waals surface area contributed by atoms with Gasteiger partial charge in [-0.2, -0.15) is 0 Å². The molecule has 0 bridgehead atoms. The minimum Gasteiger partial charge on any atom is -0.493 e. The van der Waals surface area contributed by atoms with Crippen LogP contribution in [0.3, 0.4) is 0 Å². The number of nitrogens with zero attached hydrogens (tertiary/aromatic N) is 1. The molecule has 0 aliphatic carbocycles. The summed E-state index contributed by atoms with van der Waals surface area (Å²) in [5, 5.41) is 9.14. The topological polar surface area (TPSA) is 103 Å². The van der Waals surface area contributed by atoms with Crippen LogP contribution in [0.25, 0.3) is 11.1 Å². The number of sulfone groups is 1. The predicted octanol–water partition coefficient (Wildman–Crippen LogP) is 6.04. The van der Waals surface area contributed by atoms with Gasteiger partial charge in [0.15, 0.2) is 0 Å². The van der Waals surface area contributed by atoms with Crippen LogP contribution in [0.4, 0.5) is 0 Å². The smallest absolute Gasteiger partial charge is 0.303 e. The molecule has 9 heteroatoms. The fraction of sp³-hybridized carbons (Fsp3) is 0.400. The molecule has 4 rings (SSSR count). The van der Waals surface area contributed by atoms with Gasteiger partial charge in [-0.15, -0.1) is 11.8 Å². The van der Waals surface area contributed by atoms with Gasteiger partial charge >= 0.3 is 5.97 Å². The third-order valence-electron chi connectivity index (χ3n) is 7.24. The molecule has 1 aliphatic heterocycles. The Hall–Kier alpha value is -3.04. The van der Waals surface area contributed by atoms with E-state index >= 15 is 0 Å². The molecule has 1 atom stereocenters. The van der Waals surface area contributed by atoms with Crippen molar-refractivity contribution in [3.05, 3.63) is 69.9 Å². The number of rotatable bonds is 11. The summed E-state index contributed by atoms with van der Waals surface area (Å²) >= 11 is 1.65. The van der Waals surface area contributed by atoms with Gasteiger partial charge in [0.1, 0.15) is 22.2 Å². The zero-order chi connectivity index (χ0) is 28.3. The number of hydrogen-bond acceptors (Lipinski definition) is 7. The third-order valence-corrected chi connectivity index (χ3v) is 9.50. The van der Waals surface area contributed by atoms with Crippen LogP contribution in [-0.2, 0) is 21.2 Å². The van der Waals surface area contributed by atoms with Gasteiger partial charge in [-0.05, 0) is 84.7 Å². The van der Waals surface area contributed by atoms with Crippen LogP contribution in [0.15, 0.2) is 41.4 Å². The second-order valence-corrected chi connectivity index (χ2v) is 13.5. The second-order valence-electron chi connectivity index (χ2n) is 10.2. The maximum Gasteiger partial charge on any atom is 0.303 e. The van der Waals surface area contributed by atoms with Crippen molar-refractivity contribution in [2.24, 2.45) is 0 Å². The molecule has 2 aromatic carbocycles. The van der Waals surface area contributed by atoms with Gasteiger partial charge in [0.25, 0.3) is 0 Å². The predicted molar refractivity (Wildman–Crippen MR) is 155 cm³/mol. The van der Waals surface area contributed by atoms with Crippen LogP contribution in [0.2, 0.25) is 0 Å². The Morgan fingerprint density at radius 2 is 1.79 bits per heavy atom. The first kappa shape index (κ1) is 29.0. The molecular weight excluding hydrogens is 534 g/mol. The summed E-state index contributed by atoms with van der Waals surface area (Å²) in [6, 6.07) is 10.2. The van der Waals surface area contributed by atoms with Crippen molar-refractivity contribution < 1.29 is 27.8 Å². The molecule has 0 amide bonds. The van der Waals surface area contributed by atoms with Gasteiger partial charge in [-0.3, -0.25) is 4.79 Å². The number of benzene rings is 2. The molecule has 7 nitrogen and oxygen atoms in total. The average molecular weight is 570 g/mol. The van der Waals surface area contributed by atoms with Crippen molar-refractivity contribution >= 4 is 27.6 Å². The van der Waals surface area contributed by atoms with Gasteiger partial charge in [0, 0.05) is 35.1 Å². The highest BCUT2D eigenvalue weighted by Crippen LogP contribution is 2.42. The molecule has 39 heavy (non-hydrogen) atoms.